The molecule has 0 radical (unpaired) electrons. The second-order valence-electron chi connectivity index (χ2n) is 5.35. The Balaban J connectivity index is 2.48. The van der Waals surface area contributed by atoms with Gasteiger partial charge in [-0.2, -0.15) is 12.6 Å². The molecule has 1 amide bonds. The van der Waals surface area contributed by atoms with Gasteiger partial charge in [-0.05, 0) is 37.8 Å². The fraction of sp³-hybridized carbons (Fsp3) is 0.562. The van der Waals surface area contributed by atoms with E-state index in [2.05, 4.69) is 24.8 Å². The summed E-state index contributed by atoms with van der Waals surface area (Å²) in [5, 5.41) is 0. The normalized spacial score (nSPS) is 13.7. The molecule has 0 saturated heterocycles. The van der Waals surface area contributed by atoms with Crippen molar-refractivity contribution >= 4 is 18.5 Å². The van der Waals surface area contributed by atoms with Crippen molar-refractivity contribution in [1.29, 1.82) is 0 Å². The number of hydrogen-bond acceptors (Lipinski definition) is 4. The molecule has 2 atom stereocenters. The smallest absolute Gasteiger partial charge is 0.239 e. The highest BCUT2D eigenvalue weighted by Crippen LogP contribution is 2.11. The lowest BCUT2D eigenvalue weighted by molar-refractivity contribution is -0.133. The topological polar surface area (TPSA) is 72.3 Å². The number of likely N-dealkylation sites (N-methyl/N-ethyl adjacent to an activating group) is 1. The van der Waals surface area contributed by atoms with Crippen molar-refractivity contribution < 1.29 is 4.79 Å². The van der Waals surface area contributed by atoms with Crippen LogP contribution in [0.5, 0.6) is 0 Å². The maximum atomic E-state index is 12.4. The number of carbonyl (C=O) groups is 1. The lowest BCUT2D eigenvalue weighted by Gasteiger charge is -2.29. The summed E-state index contributed by atoms with van der Waals surface area (Å²) in [7, 11) is 1.81. The summed E-state index contributed by atoms with van der Waals surface area (Å²) in [5.41, 5.74) is 12.8. The first-order chi connectivity index (χ1) is 10.1. The number of nitrogens with two attached hydrogens (primary N) is 2. The predicted molar refractivity (Wildman–Crippen MR) is 91.4 cm³/mol. The van der Waals surface area contributed by atoms with Crippen LogP contribution in [0.25, 0.3) is 0 Å². The maximum absolute atomic E-state index is 12.4. The van der Waals surface area contributed by atoms with E-state index in [0.29, 0.717) is 18.7 Å². The SMILES string of the molecule is CN(C(=O)[C@@H](N)CCc1ccccc1)[C@H](CS)CCCN. The monoisotopic (exact) mass is 309 g/mol. The van der Waals surface area contributed by atoms with Gasteiger partial charge >= 0.3 is 0 Å². The van der Waals surface area contributed by atoms with E-state index in [4.69, 9.17) is 11.5 Å². The molecular formula is C16H27N3OS. The lowest BCUT2D eigenvalue weighted by atomic mass is 10.0. The minimum atomic E-state index is -0.463. The van der Waals surface area contributed by atoms with Crippen molar-refractivity contribution in [3.8, 4) is 0 Å². The third-order valence-electron chi connectivity index (χ3n) is 3.75. The highest BCUT2D eigenvalue weighted by molar-refractivity contribution is 7.80. The Bertz CT molecular complexity index is 413. The van der Waals surface area contributed by atoms with E-state index in [1.807, 2.05) is 25.2 Å². The van der Waals surface area contributed by atoms with Gasteiger partial charge in [0.05, 0.1) is 6.04 Å². The van der Waals surface area contributed by atoms with Crippen LogP contribution in [0.2, 0.25) is 0 Å². The van der Waals surface area contributed by atoms with E-state index in [9.17, 15) is 4.79 Å². The average molecular weight is 309 g/mol. The van der Waals surface area contributed by atoms with E-state index < -0.39 is 6.04 Å². The summed E-state index contributed by atoms with van der Waals surface area (Å²) in [5.74, 6) is 0.621. The fourth-order valence-corrected chi connectivity index (χ4v) is 2.72. The van der Waals surface area contributed by atoms with Crippen LogP contribution in [0.4, 0.5) is 0 Å². The molecule has 0 fully saturated rings. The maximum Gasteiger partial charge on any atom is 0.239 e. The second-order valence-corrected chi connectivity index (χ2v) is 5.71. The van der Waals surface area contributed by atoms with Crippen molar-refractivity contribution in [2.75, 3.05) is 19.3 Å². The average Bonchev–Trinajstić information content (AvgIpc) is 2.53. The molecule has 0 saturated carbocycles. The molecule has 0 spiro atoms. The zero-order valence-electron chi connectivity index (χ0n) is 12.7. The van der Waals surface area contributed by atoms with Crippen LogP contribution in [0.3, 0.4) is 0 Å². The molecule has 0 unspecified atom stereocenters. The third kappa shape index (κ3) is 6.08. The Hall–Kier alpha value is -1.04. The lowest BCUT2D eigenvalue weighted by Crippen LogP contribution is -2.47. The third-order valence-corrected chi connectivity index (χ3v) is 4.17. The van der Waals surface area contributed by atoms with E-state index in [-0.39, 0.29) is 11.9 Å². The Morgan fingerprint density at radius 3 is 2.52 bits per heavy atom. The van der Waals surface area contributed by atoms with E-state index in [1.165, 1.54) is 5.56 Å². The molecule has 0 aromatic heterocycles. The Kier molecular flexibility index (Phi) is 8.42. The van der Waals surface area contributed by atoms with Gasteiger partial charge in [-0.3, -0.25) is 4.79 Å². The standard InChI is InChI=1S/C16H27N3OS/c1-19(14(12-21)8-5-11-17)16(20)15(18)10-9-13-6-3-2-4-7-13/h2-4,6-7,14-15,21H,5,8-12,17-18H2,1H3/t14-,15-/m0/s1. The van der Waals surface area contributed by atoms with Gasteiger partial charge in [0, 0.05) is 18.8 Å². The van der Waals surface area contributed by atoms with Crippen LogP contribution in [0.1, 0.15) is 24.8 Å². The number of rotatable bonds is 9. The summed E-state index contributed by atoms with van der Waals surface area (Å²) in [6.45, 7) is 0.631. The Morgan fingerprint density at radius 2 is 1.95 bits per heavy atom. The molecule has 4 N–H and O–H groups in total. The summed E-state index contributed by atoms with van der Waals surface area (Å²) in [6.07, 6.45) is 3.23. The van der Waals surface area contributed by atoms with Gasteiger partial charge in [0.1, 0.15) is 0 Å². The number of hydrogen-bond donors (Lipinski definition) is 3. The molecule has 0 aliphatic rings. The van der Waals surface area contributed by atoms with Crippen molar-refractivity contribution in [3.63, 3.8) is 0 Å². The zero-order chi connectivity index (χ0) is 15.7. The molecule has 1 rings (SSSR count). The number of benzene rings is 1. The van der Waals surface area contributed by atoms with E-state index in [0.717, 1.165) is 19.3 Å². The van der Waals surface area contributed by atoms with Crippen molar-refractivity contribution in [3.05, 3.63) is 35.9 Å². The van der Waals surface area contributed by atoms with Gasteiger partial charge in [0.25, 0.3) is 0 Å². The minimum absolute atomic E-state index is 0.0120. The number of thiol groups is 1. The summed E-state index contributed by atoms with van der Waals surface area (Å²) in [6, 6.07) is 9.73. The van der Waals surface area contributed by atoms with Crippen LogP contribution in [-0.2, 0) is 11.2 Å². The van der Waals surface area contributed by atoms with Crippen LogP contribution in [-0.4, -0.2) is 42.2 Å². The molecule has 1 aromatic rings. The number of aryl methyl sites for hydroxylation is 1. The Labute approximate surface area is 133 Å². The Morgan fingerprint density at radius 1 is 1.29 bits per heavy atom. The zero-order valence-corrected chi connectivity index (χ0v) is 13.6. The fourth-order valence-electron chi connectivity index (χ4n) is 2.29. The van der Waals surface area contributed by atoms with Gasteiger partial charge in [-0.15, -0.1) is 0 Å². The number of amides is 1. The molecule has 118 valence electrons. The molecule has 4 nitrogen and oxygen atoms in total. The first-order valence-electron chi connectivity index (χ1n) is 7.47. The minimum Gasteiger partial charge on any atom is -0.341 e. The van der Waals surface area contributed by atoms with Crippen LogP contribution >= 0.6 is 12.6 Å². The first kappa shape index (κ1) is 18.0. The highest BCUT2D eigenvalue weighted by atomic mass is 32.1. The van der Waals surface area contributed by atoms with Gasteiger partial charge in [-0.1, -0.05) is 30.3 Å². The van der Waals surface area contributed by atoms with Crippen molar-refractivity contribution in [2.45, 2.75) is 37.8 Å². The molecule has 0 aliphatic carbocycles. The highest BCUT2D eigenvalue weighted by Gasteiger charge is 2.23. The molecular weight excluding hydrogens is 282 g/mol. The number of nitrogens with zero attached hydrogens (tertiary/aromatic N) is 1. The van der Waals surface area contributed by atoms with Crippen molar-refractivity contribution in [2.24, 2.45) is 11.5 Å². The van der Waals surface area contributed by atoms with Crippen LogP contribution in [0.15, 0.2) is 30.3 Å². The van der Waals surface area contributed by atoms with Crippen LogP contribution < -0.4 is 11.5 Å². The summed E-state index contributed by atoms with van der Waals surface area (Å²) < 4.78 is 0. The van der Waals surface area contributed by atoms with E-state index >= 15 is 0 Å². The van der Waals surface area contributed by atoms with Crippen LogP contribution in [0, 0.1) is 0 Å². The summed E-state index contributed by atoms with van der Waals surface area (Å²) in [4.78, 5) is 14.1. The molecule has 0 bridgehead atoms. The second kappa shape index (κ2) is 9.82. The first-order valence-corrected chi connectivity index (χ1v) is 8.10. The quantitative estimate of drug-likeness (QED) is 0.604. The predicted octanol–water partition coefficient (Wildman–Crippen LogP) is 1.44. The van der Waals surface area contributed by atoms with Gasteiger partial charge < -0.3 is 16.4 Å². The molecule has 21 heavy (non-hydrogen) atoms. The van der Waals surface area contributed by atoms with Gasteiger partial charge in [-0.25, -0.2) is 0 Å². The molecule has 1 aromatic carbocycles. The molecule has 0 aliphatic heterocycles. The van der Waals surface area contributed by atoms with Gasteiger partial charge in [0.15, 0.2) is 0 Å². The van der Waals surface area contributed by atoms with E-state index in [1.54, 1.807) is 4.90 Å². The largest absolute Gasteiger partial charge is 0.341 e. The summed E-state index contributed by atoms with van der Waals surface area (Å²) >= 11 is 4.32. The number of carbonyl (C=O) groups excluding carboxylic acids is 1. The molecule has 5 heteroatoms. The van der Waals surface area contributed by atoms with Crippen molar-refractivity contribution in [1.82, 2.24) is 4.90 Å². The molecule has 0 heterocycles. The van der Waals surface area contributed by atoms with Gasteiger partial charge in [0.2, 0.25) is 5.91 Å².